The Hall–Kier alpha value is -1.66. The zero-order chi connectivity index (χ0) is 21.6. The van der Waals surface area contributed by atoms with Gasteiger partial charge in [-0.1, -0.05) is 5.21 Å². The van der Waals surface area contributed by atoms with E-state index < -0.39 is 41.5 Å². The van der Waals surface area contributed by atoms with Crippen LogP contribution in [-0.4, -0.2) is 64.5 Å². The van der Waals surface area contributed by atoms with E-state index >= 15 is 0 Å². The summed E-state index contributed by atoms with van der Waals surface area (Å²) in [7, 11) is 1.57. The molecule has 3 heterocycles. The van der Waals surface area contributed by atoms with Gasteiger partial charge in [0.25, 0.3) is 0 Å². The van der Waals surface area contributed by atoms with Crippen molar-refractivity contribution in [1.82, 2.24) is 15.0 Å². The van der Waals surface area contributed by atoms with E-state index in [4.69, 9.17) is 18.9 Å². The van der Waals surface area contributed by atoms with Crippen LogP contribution in [0.15, 0.2) is 18.3 Å². The maximum atomic E-state index is 13.7. The van der Waals surface area contributed by atoms with Crippen molar-refractivity contribution in [1.29, 1.82) is 0 Å². The van der Waals surface area contributed by atoms with Crippen molar-refractivity contribution in [2.45, 2.75) is 49.4 Å². The summed E-state index contributed by atoms with van der Waals surface area (Å²) in [5, 5.41) is 8.20. The van der Waals surface area contributed by atoms with Crippen molar-refractivity contribution in [3.63, 3.8) is 0 Å². The summed E-state index contributed by atoms with van der Waals surface area (Å²) in [6, 6.07) is 1.32. The Balaban J connectivity index is 1.72. The Morgan fingerprint density at radius 3 is 2.57 bits per heavy atom. The Bertz CT molecular complexity index is 905. The van der Waals surface area contributed by atoms with Gasteiger partial charge in [0, 0.05) is 12.7 Å². The molecule has 2 fully saturated rings. The molecule has 1 aromatic heterocycles. The fraction of sp³-hybridized carbons (Fsp3) is 0.579. The second kappa shape index (κ2) is 8.12. The summed E-state index contributed by atoms with van der Waals surface area (Å²) < 4.78 is 65.9. The van der Waals surface area contributed by atoms with E-state index in [9.17, 15) is 13.2 Å². The van der Waals surface area contributed by atoms with Crippen LogP contribution in [0.3, 0.4) is 0 Å². The number of ether oxygens (including phenoxy) is 4. The molecule has 0 radical (unpaired) electrons. The van der Waals surface area contributed by atoms with Crippen molar-refractivity contribution >= 4 is 11.8 Å². The van der Waals surface area contributed by atoms with Crippen LogP contribution in [0, 0.1) is 17.5 Å². The number of fused-ring (bicyclic) bond motifs is 1. The van der Waals surface area contributed by atoms with Crippen LogP contribution in [0.4, 0.5) is 13.2 Å². The SMILES string of the molecule is CO[C@@H]1[C@@H](n2cc(-c3cc(F)c(F)c(F)c3)nn2)[C@H]2OC(C)(C)OC[C@H]2O[C@H]1SC. The lowest BCUT2D eigenvalue weighted by atomic mass is 9.95. The molecule has 30 heavy (non-hydrogen) atoms. The first kappa shape index (κ1) is 21.6. The highest BCUT2D eigenvalue weighted by Crippen LogP contribution is 2.41. The summed E-state index contributed by atoms with van der Waals surface area (Å²) in [4.78, 5) is 0. The van der Waals surface area contributed by atoms with E-state index in [0.717, 1.165) is 12.1 Å². The van der Waals surface area contributed by atoms with Gasteiger partial charge in [0.05, 0.1) is 12.8 Å². The fourth-order valence-electron chi connectivity index (χ4n) is 3.82. The zero-order valence-corrected chi connectivity index (χ0v) is 17.7. The van der Waals surface area contributed by atoms with Gasteiger partial charge >= 0.3 is 0 Å². The van der Waals surface area contributed by atoms with Crippen LogP contribution in [-0.2, 0) is 18.9 Å². The van der Waals surface area contributed by atoms with Crippen LogP contribution in [0.25, 0.3) is 11.3 Å². The summed E-state index contributed by atoms with van der Waals surface area (Å²) in [6.07, 6.45) is 2.18. The van der Waals surface area contributed by atoms with Gasteiger partial charge in [-0.15, -0.1) is 16.9 Å². The largest absolute Gasteiger partial charge is 0.375 e. The molecule has 11 heteroatoms. The minimum atomic E-state index is -1.53. The minimum Gasteiger partial charge on any atom is -0.375 e. The second-order valence-corrected chi connectivity index (χ2v) is 8.54. The molecule has 5 atom stereocenters. The lowest BCUT2D eigenvalue weighted by molar-refractivity contribution is -0.342. The molecule has 164 valence electrons. The van der Waals surface area contributed by atoms with Gasteiger partial charge in [0.2, 0.25) is 0 Å². The van der Waals surface area contributed by atoms with Crippen molar-refractivity contribution < 1.29 is 32.1 Å². The third-order valence-corrected chi connectivity index (χ3v) is 6.08. The first-order valence-corrected chi connectivity index (χ1v) is 10.6. The van der Waals surface area contributed by atoms with Crippen LogP contribution in [0.2, 0.25) is 0 Å². The van der Waals surface area contributed by atoms with Gasteiger partial charge in [-0.25, -0.2) is 17.9 Å². The average Bonchev–Trinajstić information content (AvgIpc) is 3.19. The third-order valence-electron chi connectivity index (χ3n) is 5.23. The smallest absolute Gasteiger partial charge is 0.194 e. The molecule has 4 rings (SSSR count). The fourth-order valence-corrected chi connectivity index (χ4v) is 4.61. The van der Waals surface area contributed by atoms with Gasteiger partial charge in [-0.3, -0.25) is 0 Å². The predicted molar refractivity (Wildman–Crippen MR) is 102 cm³/mol. The summed E-state index contributed by atoms with van der Waals surface area (Å²) in [5.74, 6) is -4.95. The molecule has 0 bridgehead atoms. The molecule has 0 N–H and O–H groups in total. The minimum absolute atomic E-state index is 0.0740. The molecule has 0 aliphatic carbocycles. The summed E-state index contributed by atoms with van der Waals surface area (Å²) >= 11 is 1.48. The van der Waals surface area contributed by atoms with E-state index in [1.54, 1.807) is 25.6 Å². The van der Waals surface area contributed by atoms with Crippen LogP contribution < -0.4 is 0 Å². The number of aromatic nitrogens is 3. The van der Waals surface area contributed by atoms with Gasteiger partial charge < -0.3 is 18.9 Å². The zero-order valence-electron chi connectivity index (χ0n) is 16.8. The molecule has 2 aliphatic heterocycles. The molecule has 2 aromatic rings. The highest BCUT2D eigenvalue weighted by Gasteiger charge is 2.52. The Morgan fingerprint density at radius 1 is 1.23 bits per heavy atom. The highest BCUT2D eigenvalue weighted by molar-refractivity contribution is 7.99. The van der Waals surface area contributed by atoms with Crippen LogP contribution in [0.1, 0.15) is 19.9 Å². The molecular weight excluding hydrogens is 423 g/mol. The van der Waals surface area contributed by atoms with Gasteiger partial charge in [-0.2, -0.15) is 0 Å². The number of nitrogens with zero attached hydrogens (tertiary/aromatic N) is 3. The van der Waals surface area contributed by atoms with E-state index in [0.29, 0.717) is 6.61 Å². The molecule has 0 saturated carbocycles. The Kier molecular flexibility index (Phi) is 5.84. The monoisotopic (exact) mass is 445 g/mol. The van der Waals surface area contributed by atoms with E-state index in [-0.39, 0.29) is 22.8 Å². The Morgan fingerprint density at radius 2 is 1.93 bits per heavy atom. The van der Waals surface area contributed by atoms with E-state index in [2.05, 4.69) is 10.3 Å². The number of rotatable bonds is 4. The van der Waals surface area contributed by atoms with Crippen LogP contribution in [0.5, 0.6) is 0 Å². The standard InChI is InChI=1S/C19H22F3N3O4S/c1-19(2)27-8-13-16(29-19)15(17(26-3)18(28-13)30-4)25-7-12(23-24-25)9-5-10(20)14(22)11(21)6-9/h5-7,13,15-18H,8H2,1-4H3/t13-,15+,16+,17-,18+/m1/s1. The molecule has 1 aromatic carbocycles. The molecule has 0 amide bonds. The number of hydrogen-bond acceptors (Lipinski definition) is 7. The molecule has 2 aliphatic rings. The number of benzene rings is 1. The molecule has 0 unspecified atom stereocenters. The maximum Gasteiger partial charge on any atom is 0.194 e. The summed E-state index contributed by atoms with van der Waals surface area (Å²) in [5.41, 5.74) is -0.0504. The van der Waals surface area contributed by atoms with E-state index in [1.807, 2.05) is 6.26 Å². The van der Waals surface area contributed by atoms with Gasteiger partial charge in [0.15, 0.2) is 23.2 Å². The first-order chi connectivity index (χ1) is 14.2. The Labute approximate surface area is 175 Å². The highest BCUT2D eigenvalue weighted by atomic mass is 32.2. The number of halogens is 3. The topological polar surface area (TPSA) is 67.6 Å². The average molecular weight is 445 g/mol. The predicted octanol–water partition coefficient (Wildman–Crippen LogP) is 3.16. The van der Waals surface area contributed by atoms with E-state index in [1.165, 1.54) is 18.0 Å². The van der Waals surface area contributed by atoms with Crippen LogP contribution >= 0.6 is 11.8 Å². The lowest BCUT2D eigenvalue weighted by Crippen LogP contribution is -2.61. The summed E-state index contributed by atoms with van der Waals surface area (Å²) in [6.45, 7) is 3.94. The first-order valence-electron chi connectivity index (χ1n) is 9.33. The number of hydrogen-bond donors (Lipinski definition) is 0. The molecule has 0 spiro atoms. The lowest BCUT2D eigenvalue weighted by Gasteiger charge is -2.50. The molecular formula is C19H22F3N3O4S. The normalized spacial score (nSPS) is 30.8. The molecule has 7 nitrogen and oxygen atoms in total. The van der Waals surface area contributed by atoms with Crippen molar-refractivity contribution in [2.75, 3.05) is 20.0 Å². The van der Waals surface area contributed by atoms with Gasteiger partial charge in [-0.05, 0) is 32.2 Å². The van der Waals surface area contributed by atoms with Gasteiger partial charge in [0.1, 0.15) is 35.5 Å². The van der Waals surface area contributed by atoms with Crippen molar-refractivity contribution in [3.8, 4) is 11.3 Å². The van der Waals surface area contributed by atoms with Crippen molar-refractivity contribution in [3.05, 3.63) is 35.8 Å². The number of methoxy groups -OCH3 is 1. The maximum absolute atomic E-state index is 13.7. The quantitative estimate of drug-likeness (QED) is 0.670. The molecule has 2 saturated heterocycles. The third kappa shape index (κ3) is 3.84. The van der Waals surface area contributed by atoms with Crippen molar-refractivity contribution in [2.24, 2.45) is 0 Å². The second-order valence-electron chi connectivity index (χ2n) is 7.60. The number of thioether (sulfide) groups is 1.